The van der Waals surface area contributed by atoms with Crippen molar-refractivity contribution in [3.05, 3.63) is 16.8 Å². The fourth-order valence-electron chi connectivity index (χ4n) is 3.08. The van der Waals surface area contributed by atoms with Gasteiger partial charge in [0.25, 0.3) is 0 Å². The Morgan fingerprint density at radius 3 is 2.86 bits per heavy atom. The van der Waals surface area contributed by atoms with E-state index >= 15 is 0 Å². The number of anilines is 1. The highest BCUT2D eigenvalue weighted by molar-refractivity contribution is 7.18. The van der Waals surface area contributed by atoms with E-state index in [9.17, 15) is 0 Å². The number of rotatable bonds is 6. The highest BCUT2D eigenvalue weighted by atomic mass is 32.1. The number of aromatic nitrogens is 2. The van der Waals surface area contributed by atoms with Crippen LogP contribution in [0.5, 0.6) is 0 Å². The molecule has 0 saturated heterocycles. The zero-order valence-corrected chi connectivity index (χ0v) is 14.3. The lowest BCUT2D eigenvalue weighted by atomic mass is 9.98. The van der Waals surface area contributed by atoms with Gasteiger partial charge in [-0.25, -0.2) is 9.97 Å². The highest BCUT2D eigenvalue weighted by Crippen LogP contribution is 2.32. The van der Waals surface area contributed by atoms with Crippen molar-refractivity contribution >= 4 is 27.4 Å². The molecule has 0 atom stereocenters. The minimum absolute atomic E-state index is 0.501. The Morgan fingerprint density at radius 2 is 2.05 bits per heavy atom. The van der Waals surface area contributed by atoms with Gasteiger partial charge in [-0.3, -0.25) is 0 Å². The van der Waals surface area contributed by atoms with Crippen LogP contribution >= 0.6 is 11.3 Å². The van der Waals surface area contributed by atoms with Crippen molar-refractivity contribution in [3.63, 3.8) is 0 Å². The molecule has 0 unspecified atom stereocenters. The molecule has 1 aliphatic rings. The summed E-state index contributed by atoms with van der Waals surface area (Å²) in [5.74, 6) is 0.963. The summed E-state index contributed by atoms with van der Waals surface area (Å²) in [5.41, 5.74) is 1.29. The van der Waals surface area contributed by atoms with Crippen LogP contribution in [0.4, 0.5) is 5.82 Å². The largest absolute Gasteiger partial charge is 0.378 e. The number of ether oxygens (including phenoxy) is 1. The van der Waals surface area contributed by atoms with Crippen LogP contribution in [0.3, 0.4) is 0 Å². The second kappa shape index (κ2) is 7.38. The van der Waals surface area contributed by atoms with Crippen LogP contribution in [-0.2, 0) is 4.74 Å². The van der Waals surface area contributed by atoms with Crippen LogP contribution in [0.2, 0.25) is 0 Å². The van der Waals surface area contributed by atoms with Crippen LogP contribution in [0, 0.1) is 13.8 Å². The molecule has 2 aromatic rings. The van der Waals surface area contributed by atoms with Crippen molar-refractivity contribution in [2.24, 2.45) is 0 Å². The van der Waals surface area contributed by atoms with Gasteiger partial charge in [0.05, 0.1) is 11.5 Å². The molecule has 3 rings (SSSR count). The summed E-state index contributed by atoms with van der Waals surface area (Å²) in [7, 11) is 0. The van der Waals surface area contributed by atoms with Gasteiger partial charge in [0.2, 0.25) is 0 Å². The molecule has 0 bridgehead atoms. The smallest absolute Gasteiger partial charge is 0.138 e. The van der Waals surface area contributed by atoms with Gasteiger partial charge >= 0.3 is 0 Å². The van der Waals surface area contributed by atoms with Gasteiger partial charge in [0, 0.05) is 18.0 Å². The Balaban J connectivity index is 1.49. The van der Waals surface area contributed by atoms with Crippen molar-refractivity contribution < 1.29 is 4.74 Å². The summed E-state index contributed by atoms with van der Waals surface area (Å²) in [4.78, 5) is 11.2. The van der Waals surface area contributed by atoms with Gasteiger partial charge in [-0.1, -0.05) is 19.3 Å². The topological polar surface area (TPSA) is 47.0 Å². The number of hydrogen-bond donors (Lipinski definition) is 1. The lowest BCUT2D eigenvalue weighted by Crippen LogP contribution is -2.18. The van der Waals surface area contributed by atoms with Crippen molar-refractivity contribution in [2.45, 2.75) is 58.5 Å². The maximum atomic E-state index is 5.97. The van der Waals surface area contributed by atoms with Crippen molar-refractivity contribution in [1.29, 1.82) is 0 Å². The van der Waals surface area contributed by atoms with Crippen LogP contribution in [-0.4, -0.2) is 29.2 Å². The molecule has 0 amide bonds. The molecular weight excluding hydrogens is 294 g/mol. The fraction of sp³-hybridized carbons (Fsp3) is 0.647. The maximum Gasteiger partial charge on any atom is 0.138 e. The lowest BCUT2D eigenvalue weighted by Gasteiger charge is -2.22. The van der Waals surface area contributed by atoms with Crippen LogP contribution < -0.4 is 5.32 Å². The standard InChI is InChI=1S/C17H25N3OS/c1-12-13(2)22-17-15(12)16(19-11-20-17)18-9-6-10-21-14-7-4-3-5-8-14/h11,14H,3-10H2,1-2H3,(H,18,19,20). The summed E-state index contributed by atoms with van der Waals surface area (Å²) < 4.78 is 5.97. The molecule has 0 spiro atoms. The second-order valence-corrected chi connectivity index (χ2v) is 7.30. The Hall–Kier alpha value is -1.20. The van der Waals surface area contributed by atoms with E-state index in [2.05, 4.69) is 29.1 Å². The molecule has 0 aromatic carbocycles. The fourth-order valence-corrected chi connectivity index (χ4v) is 4.07. The van der Waals surface area contributed by atoms with Crippen molar-refractivity contribution in [1.82, 2.24) is 9.97 Å². The van der Waals surface area contributed by atoms with Gasteiger partial charge in [-0.05, 0) is 38.7 Å². The van der Waals surface area contributed by atoms with E-state index in [1.807, 2.05) is 0 Å². The molecule has 1 saturated carbocycles. The first-order valence-corrected chi connectivity index (χ1v) is 9.13. The molecule has 1 fully saturated rings. The maximum absolute atomic E-state index is 5.97. The summed E-state index contributed by atoms with van der Waals surface area (Å²) in [6.07, 6.45) is 9.70. The SMILES string of the molecule is Cc1sc2ncnc(NCCCOC3CCCCC3)c2c1C. The zero-order chi connectivity index (χ0) is 15.4. The molecule has 2 heterocycles. The molecule has 22 heavy (non-hydrogen) atoms. The predicted molar refractivity (Wildman–Crippen MR) is 92.8 cm³/mol. The summed E-state index contributed by atoms with van der Waals surface area (Å²) >= 11 is 1.74. The molecule has 4 nitrogen and oxygen atoms in total. The lowest BCUT2D eigenvalue weighted by molar-refractivity contribution is 0.0284. The number of fused-ring (bicyclic) bond motifs is 1. The molecule has 0 aliphatic heterocycles. The Kier molecular flexibility index (Phi) is 5.26. The Bertz CT molecular complexity index is 620. The summed E-state index contributed by atoms with van der Waals surface area (Å²) in [5, 5.41) is 4.63. The van der Waals surface area contributed by atoms with E-state index < -0.39 is 0 Å². The second-order valence-electron chi connectivity index (χ2n) is 6.10. The van der Waals surface area contributed by atoms with Crippen LogP contribution in [0.1, 0.15) is 49.0 Å². The third kappa shape index (κ3) is 3.58. The van der Waals surface area contributed by atoms with Gasteiger partial charge in [-0.2, -0.15) is 0 Å². The van der Waals surface area contributed by atoms with E-state index in [0.717, 1.165) is 30.2 Å². The number of aryl methyl sites for hydroxylation is 2. The first-order chi connectivity index (χ1) is 10.8. The molecule has 2 aromatic heterocycles. The normalized spacial score (nSPS) is 16.3. The van der Waals surface area contributed by atoms with Crippen LogP contribution in [0.25, 0.3) is 10.2 Å². The van der Waals surface area contributed by atoms with Crippen LogP contribution in [0.15, 0.2) is 6.33 Å². The average Bonchev–Trinajstić information content (AvgIpc) is 2.83. The molecule has 1 N–H and O–H groups in total. The number of thiophene rings is 1. The van der Waals surface area contributed by atoms with Gasteiger partial charge in [0.1, 0.15) is 17.0 Å². The minimum atomic E-state index is 0.501. The number of nitrogens with one attached hydrogen (secondary N) is 1. The van der Waals surface area contributed by atoms with Gasteiger partial charge in [-0.15, -0.1) is 11.3 Å². The van der Waals surface area contributed by atoms with Gasteiger partial charge in [0.15, 0.2) is 0 Å². The zero-order valence-electron chi connectivity index (χ0n) is 13.5. The minimum Gasteiger partial charge on any atom is -0.378 e. The summed E-state index contributed by atoms with van der Waals surface area (Å²) in [6, 6.07) is 0. The molecule has 1 aliphatic carbocycles. The number of hydrogen-bond acceptors (Lipinski definition) is 5. The Labute approximate surface area is 136 Å². The monoisotopic (exact) mass is 319 g/mol. The first-order valence-electron chi connectivity index (χ1n) is 8.32. The van der Waals surface area contributed by atoms with Gasteiger partial charge < -0.3 is 10.1 Å². The molecular formula is C17H25N3OS. The van der Waals surface area contributed by atoms with E-state index in [-0.39, 0.29) is 0 Å². The van der Waals surface area contributed by atoms with Crippen molar-refractivity contribution in [2.75, 3.05) is 18.5 Å². The quantitative estimate of drug-likeness (QED) is 0.799. The average molecular weight is 319 g/mol. The third-order valence-electron chi connectivity index (χ3n) is 4.48. The molecule has 120 valence electrons. The van der Waals surface area contributed by atoms with E-state index in [1.54, 1.807) is 17.7 Å². The molecule has 5 heteroatoms. The van der Waals surface area contributed by atoms with Crippen molar-refractivity contribution in [3.8, 4) is 0 Å². The predicted octanol–water partition coefficient (Wildman–Crippen LogP) is 4.46. The van der Waals surface area contributed by atoms with E-state index in [4.69, 9.17) is 4.74 Å². The van der Waals surface area contributed by atoms with E-state index in [1.165, 1.54) is 47.9 Å². The first kappa shape index (κ1) is 15.7. The van der Waals surface area contributed by atoms with E-state index in [0.29, 0.717) is 6.10 Å². The highest BCUT2D eigenvalue weighted by Gasteiger charge is 2.13. The molecule has 0 radical (unpaired) electrons. The Morgan fingerprint density at radius 1 is 1.23 bits per heavy atom. The summed E-state index contributed by atoms with van der Waals surface area (Å²) in [6.45, 7) is 6.03. The number of nitrogens with zero attached hydrogens (tertiary/aromatic N) is 2. The third-order valence-corrected chi connectivity index (χ3v) is 5.60.